The molecule has 0 aliphatic rings. The molecular formula is C23H35NO4S. The Morgan fingerprint density at radius 3 is 2.28 bits per heavy atom. The van der Waals surface area contributed by atoms with Gasteiger partial charge in [-0.3, -0.25) is 14.5 Å². The van der Waals surface area contributed by atoms with Gasteiger partial charge < -0.3 is 4.74 Å². The maximum atomic E-state index is 13.2. The van der Waals surface area contributed by atoms with Crippen LogP contribution in [0.2, 0.25) is 0 Å². The molecule has 0 fully saturated rings. The number of nitrogens with zero attached hydrogens (tertiary/aromatic N) is 1. The average molecular weight is 422 g/mol. The van der Waals surface area contributed by atoms with E-state index in [2.05, 4.69) is 6.92 Å². The van der Waals surface area contributed by atoms with Crippen LogP contribution in [0.15, 0.2) is 12.1 Å². The molecule has 0 aliphatic carbocycles. The van der Waals surface area contributed by atoms with Crippen molar-refractivity contribution < 1.29 is 19.1 Å². The third-order valence-electron chi connectivity index (χ3n) is 5.41. The number of benzene rings is 1. The standard InChI is InChI=1S/C23H35NO4S/c1-8-10-11-19(9-2)23(27)29-14-20(25)24(18(6)22(26)28-7)21-16(4)13-12-15(3)17(21)5/h12-13,18-19H,8-11,14H2,1-7H3/t18-,19?/m0/s1. The summed E-state index contributed by atoms with van der Waals surface area (Å²) >= 11 is 1.06. The molecule has 6 heteroatoms. The van der Waals surface area contributed by atoms with Crippen molar-refractivity contribution in [1.82, 2.24) is 0 Å². The summed E-state index contributed by atoms with van der Waals surface area (Å²) in [6.45, 7) is 11.6. The molecule has 162 valence electrons. The van der Waals surface area contributed by atoms with Gasteiger partial charge in [0.05, 0.1) is 18.6 Å². The van der Waals surface area contributed by atoms with Gasteiger partial charge in [-0.05, 0) is 57.2 Å². The fourth-order valence-corrected chi connectivity index (χ4v) is 4.30. The zero-order valence-corrected chi connectivity index (χ0v) is 19.6. The maximum absolute atomic E-state index is 13.2. The molecule has 5 nitrogen and oxygen atoms in total. The first-order valence-corrected chi connectivity index (χ1v) is 11.3. The van der Waals surface area contributed by atoms with Crippen LogP contribution in [-0.4, -0.2) is 35.9 Å². The fraction of sp³-hybridized carbons (Fsp3) is 0.609. The summed E-state index contributed by atoms with van der Waals surface area (Å²) in [5, 5.41) is 0.0534. The Kier molecular flexibility index (Phi) is 10.4. The quantitative estimate of drug-likeness (QED) is 0.498. The zero-order chi connectivity index (χ0) is 22.1. The number of methoxy groups -OCH3 is 1. The molecule has 0 saturated carbocycles. The summed E-state index contributed by atoms with van der Waals surface area (Å²) < 4.78 is 4.89. The Balaban J connectivity index is 3.12. The predicted molar refractivity (Wildman–Crippen MR) is 120 cm³/mol. The van der Waals surface area contributed by atoms with E-state index in [-0.39, 0.29) is 22.7 Å². The second-order valence-electron chi connectivity index (χ2n) is 7.49. The van der Waals surface area contributed by atoms with Gasteiger partial charge in [0.1, 0.15) is 6.04 Å². The smallest absolute Gasteiger partial charge is 0.328 e. The molecule has 0 radical (unpaired) electrons. The van der Waals surface area contributed by atoms with Crippen molar-refractivity contribution in [2.75, 3.05) is 17.8 Å². The summed E-state index contributed by atoms with van der Waals surface area (Å²) in [7, 11) is 1.31. The molecule has 0 bridgehead atoms. The number of esters is 1. The number of unbranched alkanes of at least 4 members (excludes halogenated alkanes) is 1. The highest BCUT2D eigenvalue weighted by Gasteiger charge is 2.31. The minimum atomic E-state index is -0.774. The van der Waals surface area contributed by atoms with Gasteiger partial charge in [0.25, 0.3) is 0 Å². The highest BCUT2D eigenvalue weighted by Crippen LogP contribution is 2.30. The number of amides is 1. The highest BCUT2D eigenvalue weighted by molar-refractivity contribution is 8.14. The van der Waals surface area contributed by atoms with E-state index in [1.54, 1.807) is 6.92 Å². The van der Waals surface area contributed by atoms with Gasteiger partial charge in [-0.2, -0.15) is 0 Å². The van der Waals surface area contributed by atoms with Crippen molar-refractivity contribution in [3.05, 3.63) is 28.8 Å². The SMILES string of the molecule is CCCCC(CC)C(=O)SCC(=O)N(c1c(C)ccc(C)c1C)[C@@H](C)C(=O)OC. The number of hydrogen-bond acceptors (Lipinski definition) is 5. The van der Waals surface area contributed by atoms with Gasteiger partial charge >= 0.3 is 5.97 Å². The van der Waals surface area contributed by atoms with E-state index >= 15 is 0 Å². The number of rotatable bonds is 10. The molecule has 0 spiro atoms. The van der Waals surface area contributed by atoms with Crippen molar-refractivity contribution in [2.24, 2.45) is 5.92 Å². The van der Waals surface area contributed by atoms with Crippen LogP contribution in [-0.2, 0) is 19.1 Å². The third-order valence-corrected chi connectivity index (χ3v) is 6.42. The first kappa shape index (κ1) is 25.2. The molecule has 1 aromatic rings. The summed E-state index contributed by atoms with van der Waals surface area (Å²) in [5.74, 6) is -0.760. The lowest BCUT2D eigenvalue weighted by atomic mass is 10.0. The van der Waals surface area contributed by atoms with Crippen LogP contribution in [0.3, 0.4) is 0 Å². The second-order valence-corrected chi connectivity index (χ2v) is 8.47. The molecule has 0 saturated heterocycles. The highest BCUT2D eigenvalue weighted by atomic mass is 32.2. The Morgan fingerprint density at radius 2 is 1.72 bits per heavy atom. The molecule has 1 aromatic carbocycles. The lowest BCUT2D eigenvalue weighted by molar-refractivity contribution is -0.142. The van der Waals surface area contributed by atoms with Gasteiger partial charge in [0.15, 0.2) is 5.12 Å². The summed E-state index contributed by atoms with van der Waals surface area (Å²) in [6, 6.07) is 3.17. The van der Waals surface area contributed by atoms with E-state index in [1.807, 2.05) is 39.8 Å². The van der Waals surface area contributed by atoms with Gasteiger partial charge in [0, 0.05) is 5.92 Å². The molecule has 1 unspecified atom stereocenters. The Bertz CT molecular complexity index is 732. The van der Waals surface area contributed by atoms with E-state index in [4.69, 9.17) is 4.74 Å². The minimum absolute atomic E-state index is 0.00954. The first-order valence-electron chi connectivity index (χ1n) is 10.3. The summed E-state index contributed by atoms with van der Waals surface area (Å²) in [4.78, 5) is 39.5. The Hall–Kier alpha value is -1.82. The van der Waals surface area contributed by atoms with Crippen molar-refractivity contribution in [3.63, 3.8) is 0 Å². The third kappa shape index (κ3) is 6.59. The topological polar surface area (TPSA) is 63.7 Å². The molecule has 0 heterocycles. The van der Waals surface area contributed by atoms with Gasteiger partial charge in [-0.25, -0.2) is 4.79 Å². The van der Waals surface area contributed by atoms with E-state index in [0.717, 1.165) is 59.8 Å². The molecule has 0 N–H and O–H groups in total. The van der Waals surface area contributed by atoms with Gasteiger partial charge in [-0.15, -0.1) is 0 Å². The number of carbonyl (C=O) groups excluding carboxylic acids is 3. The number of aryl methyl sites for hydroxylation is 2. The molecule has 0 aliphatic heterocycles. The largest absolute Gasteiger partial charge is 0.467 e. The van der Waals surface area contributed by atoms with Crippen molar-refractivity contribution in [1.29, 1.82) is 0 Å². The van der Waals surface area contributed by atoms with Crippen LogP contribution in [0.5, 0.6) is 0 Å². The number of carbonyl (C=O) groups is 3. The number of thioether (sulfide) groups is 1. The van der Waals surface area contributed by atoms with Crippen LogP contribution in [0.1, 0.15) is 63.1 Å². The van der Waals surface area contributed by atoms with Crippen LogP contribution in [0.25, 0.3) is 0 Å². The van der Waals surface area contributed by atoms with Gasteiger partial charge in [0.2, 0.25) is 5.91 Å². The molecular weight excluding hydrogens is 386 g/mol. The molecule has 0 aromatic heterocycles. The van der Waals surface area contributed by atoms with Crippen LogP contribution >= 0.6 is 11.8 Å². The van der Waals surface area contributed by atoms with Crippen molar-refractivity contribution in [3.8, 4) is 0 Å². The molecule has 29 heavy (non-hydrogen) atoms. The second kappa shape index (κ2) is 12.0. The Morgan fingerprint density at radius 1 is 1.10 bits per heavy atom. The fourth-order valence-electron chi connectivity index (χ4n) is 3.38. The molecule has 1 amide bonds. The number of ether oxygens (including phenoxy) is 1. The summed E-state index contributed by atoms with van der Waals surface area (Å²) in [6.07, 6.45) is 3.68. The first-order chi connectivity index (χ1) is 13.7. The van der Waals surface area contributed by atoms with Crippen LogP contribution in [0.4, 0.5) is 5.69 Å². The van der Waals surface area contributed by atoms with E-state index < -0.39 is 12.0 Å². The summed E-state index contributed by atoms with van der Waals surface area (Å²) in [5.41, 5.74) is 3.61. The monoisotopic (exact) mass is 421 g/mol. The minimum Gasteiger partial charge on any atom is -0.467 e. The lowest BCUT2D eigenvalue weighted by Gasteiger charge is -2.31. The number of hydrogen-bond donors (Lipinski definition) is 0. The Labute approximate surface area is 179 Å². The van der Waals surface area contributed by atoms with E-state index in [0.29, 0.717) is 0 Å². The van der Waals surface area contributed by atoms with E-state index in [9.17, 15) is 14.4 Å². The lowest BCUT2D eigenvalue weighted by Crippen LogP contribution is -2.46. The van der Waals surface area contributed by atoms with Crippen LogP contribution in [0, 0.1) is 26.7 Å². The average Bonchev–Trinajstić information content (AvgIpc) is 2.71. The maximum Gasteiger partial charge on any atom is 0.328 e. The van der Waals surface area contributed by atoms with Crippen LogP contribution < -0.4 is 4.90 Å². The van der Waals surface area contributed by atoms with Gasteiger partial charge in [-0.1, -0.05) is 50.6 Å². The van der Waals surface area contributed by atoms with Crippen molar-refractivity contribution in [2.45, 2.75) is 73.3 Å². The molecule has 1 rings (SSSR count). The van der Waals surface area contributed by atoms with E-state index in [1.165, 1.54) is 12.0 Å². The molecule has 2 atom stereocenters. The zero-order valence-electron chi connectivity index (χ0n) is 18.8. The normalized spacial score (nSPS) is 12.9. The predicted octanol–water partition coefficient (Wildman–Crippen LogP) is 4.98. The number of anilines is 1. The van der Waals surface area contributed by atoms with Crippen molar-refractivity contribution >= 4 is 34.4 Å².